The lowest BCUT2D eigenvalue weighted by molar-refractivity contribution is 0.207. The molecule has 32 heavy (non-hydrogen) atoms. The zero-order chi connectivity index (χ0) is 22.0. The van der Waals surface area contributed by atoms with Crippen LogP contribution >= 0.6 is 12.4 Å². The molecule has 0 amide bonds. The molecule has 0 unspecified atom stereocenters. The standard InChI is InChI=1S/C22H30N4O4S.ClH/c1-15(2)14-26-8-6-18(7-9-26)31(28,29)11-3-10-30-17-4-5-19-16(12-17)13-20-21(23-19)25-22(27)24-20;/h4-5,12-13,15,18H,3,6-11,14H2,1-2H3,(H2,23,24,25,27);1H. The molecule has 0 atom stereocenters. The van der Waals surface area contributed by atoms with Crippen molar-refractivity contribution in [3.8, 4) is 5.75 Å². The number of benzene rings is 1. The number of H-pyrrole nitrogens is 2. The van der Waals surface area contributed by atoms with Gasteiger partial charge in [-0.05, 0) is 62.5 Å². The lowest BCUT2D eigenvalue weighted by atomic mass is 10.1. The summed E-state index contributed by atoms with van der Waals surface area (Å²) in [5.41, 5.74) is 1.62. The number of aromatic nitrogens is 3. The third-order valence-electron chi connectivity index (χ3n) is 5.77. The highest BCUT2D eigenvalue weighted by molar-refractivity contribution is 7.92. The van der Waals surface area contributed by atoms with Gasteiger partial charge >= 0.3 is 5.69 Å². The first kappa shape index (κ1) is 24.5. The van der Waals surface area contributed by atoms with Gasteiger partial charge in [0.2, 0.25) is 0 Å². The molecule has 0 aliphatic carbocycles. The minimum absolute atomic E-state index is 0. The Balaban J connectivity index is 0.00000289. The smallest absolute Gasteiger partial charge is 0.325 e. The number of sulfone groups is 1. The van der Waals surface area contributed by atoms with E-state index in [4.69, 9.17) is 4.74 Å². The van der Waals surface area contributed by atoms with Crippen molar-refractivity contribution < 1.29 is 13.2 Å². The Morgan fingerprint density at radius 3 is 2.66 bits per heavy atom. The zero-order valence-electron chi connectivity index (χ0n) is 18.5. The van der Waals surface area contributed by atoms with Gasteiger partial charge in [0.25, 0.3) is 0 Å². The third-order valence-corrected chi connectivity index (χ3v) is 8.12. The van der Waals surface area contributed by atoms with Crippen LogP contribution in [0.2, 0.25) is 0 Å². The van der Waals surface area contributed by atoms with Gasteiger partial charge in [-0.2, -0.15) is 0 Å². The number of rotatable bonds is 8. The van der Waals surface area contributed by atoms with Crippen LogP contribution in [0.1, 0.15) is 33.1 Å². The van der Waals surface area contributed by atoms with Crippen LogP contribution in [0, 0.1) is 5.92 Å². The van der Waals surface area contributed by atoms with Crippen LogP contribution in [-0.4, -0.2) is 65.5 Å². The van der Waals surface area contributed by atoms with Crippen LogP contribution in [0.4, 0.5) is 0 Å². The molecule has 1 aromatic carbocycles. The second-order valence-corrected chi connectivity index (χ2v) is 11.2. The molecule has 3 heterocycles. The highest BCUT2D eigenvalue weighted by Crippen LogP contribution is 2.23. The van der Waals surface area contributed by atoms with Crippen molar-refractivity contribution in [2.45, 2.75) is 38.4 Å². The zero-order valence-corrected chi connectivity index (χ0v) is 20.1. The number of piperidine rings is 1. The van der Waals surface area contributed by atoms with E-state index in [2.05, 4.69) is 33.7 Å². The third kappa shape index (κ3) is 5.82. The largest absolute Gasteiger partial charge is 0.494 e. The van der Waals surface area contributed by atoms with E-state index in [9.17, 15) is 13.2 Å². The number of hydrogen-bond donors (Lipinski definition) is 2. The molecular formula is C22H31ClN4O4S. The summed E-state index contributed by atoms with van der Waals surface area (Å²) < 4.78 is 31.2. The van der Waals surface area contributed by atoms with Crippen molar-refractivity contribution in [3.05, 3.63) is 34.7 Å². The summed E-state index contributed by atoms with van der Waals surface area (Å²) in [7, 11) is -3.10. The maximum absolute atomic E-state index is 12.7. The maximum Gasteiger partial charge on any atom is 0.325 e. The molecule has 0 spiro atoms. The molecule has 1 fully saturated rings. The Labute approximate surface area is 194 Å². The summed E-state index contributed by atoms with van der Waals surface area (Å²) in [4.78, 5) is 23.6. The Bertz CT molecular complexity index is 1210. The molecule has 0 radical (unpaired) electrons. The van der Waals surface area contributed by atoms with Crippen molar-refractivity contribution >= 4 is 44.3 Å². The molecule has 1 aliphatic heterocycles. The second-order valence-electron chi connectivity index (χ2n) is 8.78. The molecule has 4 rings (SSSR count). The summed E-state index contributed by atoms with van der Waals surface area (Å²) in [6, 6.07) is 7.34. The molecule has 1 aliphatic rings. The van der Waals surface area contributed by atoms with Crippen molar-refractivity contribution in [2.24, 2.45) is 5.92 Å². The number of fused-ring (bicyclic) bond motifs is 2. The molecule has 0 saturated carbocycles. The van der Waals surface area contributed by atoms with E-state index in [1.807, 2.05) is 24.3 Å². The van der Waals surface area contributed by atoms with Crippen molar-refractivity contribution in [1.82, 2.24) is 19.9 Å². The summed E-state index contributed by atoms with van der Waals surface area (Å²) in [6.07, 6.45) is 1.92. The van der Waals surface area contributed by atoms with Gasteiger partial charge in [0, 0.05) is 11.9 Å². The van der Waals surface area contributed by atoms with Gasteiger partial charge in [0.05, 0.1) is 28.6 Å². The number of pyridine rings is 1. The molecule has 2 aromatic heterocycles. The Morgan fingerprint density at radius 2 is 1.94 bits per heavy atom. The Hall–Kier alpha value is -2.10. The lowest BCUT2D eigenvalue weighted by Gasteiger charge is -2.32. The van der Waals surface area contributed by atoms with Gasteiger partial charge in [-0.25, -0.2) is 18.2 Å². The number of hydrogen-bond acceptors (Lipinski definition) is 6. The van der Waals surface area contributed by atoms with Gasteiger partial charge in [-0.3, -0.25) is 4.98 Å². The number of likely N-dealkylation sites (tertiary alicyclic amines) is 1. The van der Waals surface area contributed by atoms with Crippen LogP contribution in [0.15, 0.2) is 29.1 Å². The molecule has 8 nitrogen and oxygen atoms in total. The first-order valence-electron chi connectivity index (χ1n) is 10.9. The molecule has 10 heteroatoms. The monoisotopic (exact) mass is 482 g/mol. The Morgan fingerprint density at radius 1 is 1.19 bits per heavy atom. The fraction of sp³-hybridized carbons (Fsp3) is 0.545. The number of nitrogens with zero attached hydrogens (tertiary/aromatic N) is 2. The first-order chi connectivity index (χ1) is 14.8. The summed E-state index contributed by atoms with van der Waals surface area (Å²) >= 11 is 0. The van der Waals surface area contributed by atoms with E-state index in [-0.39, 0.29) is 29.1 Å². The van der Waals surface area contributed by atoms with Crippen molar-refractivity contribution in [3.63, 3.8) is 0 Å². The summed E-state index contributed by atoms with van der Waals surface area (Å²) in [5.74, 6) is 1.42. The van der Waals surface area contributed by atoms with Crippen LogP contribution in [0.5, 0.6) is 5.75 Å². The number of imidazole rings is 1. The van der Waals surface area contributed by atoms with Gasteiger partial charge < -0.3 is 14.6 Å². The van der Waals surface area contributed by atoms with Crippen LogP contribution in [-0.2, 0) is 9.84 Å². The topological polar surface area (TPSA) is 108 Å². The van der Waals surface area contributed by atoms with E-state index in [1.165, 1.54) is 0 Å². The molecule has 2 N–H and O–H groups in total. The van der Waals surface area contributed by atoms with E-state index in [0.29, 0.717) is 35.9 Å². The quantitative estimate of drug-likeness (QED) is 0.477. The van der Waals surface area contributed by atoms with Crippen LogP contribution < -0.4 is 10.4 Å². The fourth-order valence-electron chi connectivity index (χ4n) is 4.28. The fourth-order valence-corrected chi connectivity index (χ4v) is 6.06. The normalized spacial score (nSPS) is 16.0. The molecular weight excluding hydrogens is 452 g/mol. The van der Waals surface area contributed by atoms with E-state index < -0.39 is 9.84 Å². The molecule has 3 aromatic rings. The average Bonchev–Trinajstić information content (AvgIpc) is 3.08. The molecule has 0 bridgehead atoms. The van der Waals surface area contributed by atoms with E-state index in [0.717, 1.165) is 43.4 Å². The predicted octanol–water partition coefficient (Wildman–Crippen LogP) is 3.13. The maximum atomic E-state index is 12.7. The highest BCUT2D eigenvalue weighted by atomic mass is 35.5. The SMILES string of the molecule is CC(C)CN1CCC(S(=O)(=O)CCCOc2ccc3nc4[nH]c(=O)[nH]c4cc3c2)CC1.Cl. The van der Waals surface area contributed by atoms with E-state index >= 15 is 0 Å². The van der Waals surface area contributed by atoms with E-state index in [1.54, 1.807) is 0 Å². The van der Waals surface area contributed by atoms with Crippen LogP contribution in [0.3, 0.4) is 0 Å². The Kier molecular flexibility index (Phi) is 7.84. The summed E-state index contributed by atoms with van der Waals surface area (Å²) in [6.45, 7) is 7.49. The van der Waals surface area contributed by atoms with Crippen molar-refractivity contribution in [1.29, 1.82) is 0 Å². The molecule has 176 valence electrons. The van der Waals surface area contributed by atoms with Crippen molar-refractivity contribution in [2.75, 3.05) is 32.0 Å². The van der Waals surface area contributed by atoms with Crippen LogP contribution in [0.25, 0.3) is 22.1 Å². The predicted molar refractivity (Wildman–Crippen MR) is 130 cm³/mol. The lowest BCUT2D eigenvalue weighted by Crippen LogP contribution is -2.41. The number of ether oxygens (including phenoxy) is 1. The van der Waals surface area contributed by atoms with Gasteiger partial charge in [-0.15, -0.1) is 12.4 Å². The minimum Gasteiger partial charge on any atom is -0.494 e. The average molecular weight is 483 g/mol. The molecule has 1 saturated heterocycles. The second kappa shape index (κ2) is 10.2. The highest BCUT2D eigenvalue weighted by Gasteiger charge is 2.29. The van der Waals surface area contributed by atoms with Gasteiger partial charge in [0.15, 0.2) is 15.5 Å². The number of aromatic amines is 2. The summed E-state index contributed by atoms with van der Waals surface area (Å²) in [5, 5.41) is 0.620. The minimum atomic E-state index is -3.10. The van der Waals surface area contributed by atoms with Gasteiger partial charge in [-0.1, -0.05) is 13.8 Å². The first-order valence-corrected chi connectivity index (χ1v) is 12.6. The number of nitrogens with one attached hydrogen (secondary N) is 2. The van der Waals surface area contributed by atoms with Gasteiger partial charge in [0.1, 0.15) is 5.75 Å². The number of halogens is 1.